The van der Waals surface area contributed by atoms with Gasteiger partial charge in [0.1, 0.15) is 17.4 Å². The molecule has 3 aromatic rings. The van der Waals surface area contributed by atoms with Crippen LogP contribution in [0, 0.1) is 5.82 Å². The van der Waals surface area contributed by atoms with E-state index in [9.17, 15) is 9.18 Å². The molecule has 128 valence electrons. The number of nitrogens with one attached hydrogen (secondary N) is 1. The summed E-state index contributed by atoms with van der Waals surface area (Å²) in [5, 5.41) is 6.96. The summed E-state index contributed by atoms with van der Waals surface area (Å²) in [6.07, 6.45) is 1.61. The van der Waals surface area contributed by atoms with Crippen LogP contribution in [0.15, 0.2) is 65.3 Å². The SMILES string of the molecule is O=C(COc1cccc(F)c1)Nc1ccnn1Cc1ccc(Br)cc1. The lowest BCUT2D eigenvalue weighted by molar-refractivity contribution is -0.118. The molecule has 0 unspecified atom stereocenters. The standard InChI is InChI=1S/C18H15BrFN3O2/c19-14-6-4-13(5-7-14)11-23-17(8-9-21-23)22-18(24)12-25-16-3-1-2-15(20)10-16/h1-10H,11-12H2,(H,22,24). The lowest BCUT2D eigenvalue weighted by Gasteiger charge is -2.10. The minimum Gasteiger partial charge on any atom is -0.484 e. The monoisotopic (exact) mass is 403 g/mol. The van der Waals surface area contributed by atoms with Crippen molar-refractivity contribution < 1.29 is 13.9 Å². The molecule has 1 amide bonds. The van der Waals surface area contributed by atoms with E-state index in [0.29, 0.717) is 18.1 Å². The largest absolute Gasteiger partial charge is 0.484 e. The highest BCUT2D eigenvalue weighted by Gasteiger charge is 2.09. The molecule has 0 aliphatic rings. The Morgan fingerprint density at radius 2 is 2.00 bits per heavy atom. The summed E-state index contributed by atoms with van der Waals surface area (Å²) < 4.78 is 21.1. The van der Waals surface area contributed by atoms with E-state index in [1.807, 2.05) is 24.3 Å². The fourth-order valence-corrected chi connectivity index (χ4v) is 2.48. The number of amides is 1. The van der Waals surface area contributed by atoms with E-state index >= 15 is 0 Å². The Morgan fingerprint density at radius 3 is 2.76 bits per heavy atom. The van der Waals surface area contributed by atoms with Crippen molar-refractivity contribution in [2.75, 3.05) is 11.9 Å². The molecule has 5 nitrogen and oxygen atoms in total. The van der Waals surface area contributed by atoms with Gasteiger partial charge in [0, 0.05) is 16.6 Å². The normalized spacial score (nSPS) is 10.5. The first kappa shape index (κ1) is 17.2. The first-order valence-electron chi connectivity index (χ1n) is 7.54. The van der Waals surface area contributed by atoms with E-state index in [-0.39, 0.29) is 12.5 Å². The summed E-state index contributed by atoms with van der Waals surface area (Å²) >= 11 is 3.39. The van der Waals surface area contributed by atoms with Gasteiger partial charge < -0.3 is 10.1 Å². The van der Waals surface area contributed by atoms with Gasteiger partial charge in [0.15, 0.2) is 6.61 Å². The van der Waals surface area contributed by atoms with Gasteiger partial charge in [-0.1, -0.05) is 34.1 Å². The Bertz CT molecular complexity index is 865. The molecule has 0 aliphatic carbocycles. The zero-order valence-corrected chi connectivity index (χ0v) is 14.7. The first-order chi connectivity index (χ1) is 12.1. The van der Waals surface area contributed by atoms with Gasteiger partial charge in [-0.05, 0) is 29.8 Å². The molecule has 7 heteroatoms. The van der Waals surface area contributed by atoms with Crippen molar-refractivity contribution in [3.8, 4) is 5.75 Å². The molecule has 0 bridgehead atoms. The van der Waals surface area contributed by atoms with Crippen molar-refractivity contribution in [3.05, 3.63) is 76.6 Å². The van der Waals surface area contributed by atoms with Crippen molar-refractivity contribution >= 4 is 27.7 Å². The number of hydrogen-bond donors (Lipinski definition) is 1. The molecule has 0 saturated carbocycles. The summed E-state index contributed by atoms with van der Waals surface area (Å²) in [6.45, 7) is 0.313. The number of nitrogens with zero attached hydrogens (tertiary/aromatic N) is 2. The van der Waals surface area contributed by atoms with Crippen molar-refractivity contribution in [1.29, 1.82) is 0 Å². The Morgan fingerprint density at radius 1 is 1.20 bits per heavy atom. The number of hydrogen-bond acceptors (Lipinski definition) is 3. The predicted octanol–water partition coefficient (Wildman–Crippen LogP) is 3.85. The van der Waals surface area contributed by atoms with E-state index in [4.69, 9.17) is 4.74 Å². The summed E-state index contributed by atoms with van der Waals surface area (Å²) in [7, 11) is 0. The van der Waals surface area contributed by atoms with Crippen molar-refractivity contribution in [2.45, 2.75) is 6.54 Å². The quantitative estimate of drug-likeness (QED) is 0.679. The molecule has 3 rings (SSSR count). The van der Waals surface area contributed by atoms with Crippen molar-refractivity contribution in [2.24, 2.45) is 0 Å². The maximum atomic E-state index is 13.1. The highest BCUT2D eigenvalue weighted by atomic mass is 79.9. The van der Waals surface area contributed by atoms with E-state index in [1.165, 1.54) is 18.2 Å². The second-order valence-electron chi connectivity index (χ2n) is 5.29. The number of benzene rings is 2. The molecule has 1 aromatic heterocycles. The second-order valence-corrected chi connectivity index (χ2v) is 6.21. The molecule has 0 atom stereocenters. The Balaban J connectivity index is 1.58. The van der Waals surface area contributed by atoms with Crippen LogP contribution < -0.4 is 10.1 Å². The number of anilines is 1. The third-order valence-electron chi connectivity index (χ3n) is 3.40. The van der Waals surface area contributed by atoms with Crippen LogP contribution in [0.2, 0.25) is 0 Å². The second kappa shape index (κ2) is 7.94. The number of carbonyl (C=O) groups excluding carboxylic acids is 1. The Kier molecular flexibility index (Phi) is 5.45. The van der Waals surface area contributed by atoms with Crippen LogP contribution in [0.3, 0.4) is 0 Å². The van der Waals surface area contributed by atoms with E-state index < -0.39 is 5.82 Å². The molecule has 0 spiro atoms. The van der Waals surface area contributed by atoms with Gasteiger partial charge in [0.05, 0.1) is 12.7 Å². The van der Waals surface area contributed by atoms with Crippen molar-refractivity contribution in [1.82, 2.24) is 9.78 Å². The summed E-state index contributed by atoms with van der Waals surface area (Å²) in [5.74, 6) is 0.113. The van der Waals surface area contributed by atoms with E-state index in [0.717, 1.165) is 10.0 Å². The lowest BCUT2D eigenvalue weighted by Crippen LogP contribution is -2.22. The predicted molar refractivity (Wildman–Crippen MR) is 96.0 cm³/mol. The third kappa shape index (κ3) is 4.90. The molecule has 0 radical (unpaired) electrons. The van der Waals surface area contributed by atoms with Crippen LogP contribution in [0.1, 0.15) is 5.56 Å². The van der Waals surface area contributed by atoms with Gasteiger partial charge >= 0.3 is 0 Å². The zero-order valence-electron chi connectivity index (χ0n) is 13.2. The summed E-state index contributed by atoms with van der Waals surface area (Å²) in [6, 6.07) is 15.2. The van der Waals surface area contributed by atoms with E-state index in [2.05, 4.69) is 26.3 Å². The number of ether oxygens (including phenoxy) is 1. The van der Waals surface area contributed by atoms with Crippen LogP contribution in [0.4, 0.5) is 10.2 Å². The average molecular weight is 404 g/mol. The third-order valence-corrected chi connectivity index (χ3v) is 3.92. The molecule has 0 fully saturated rings. The maximum Gasteiger partial charge on any atom is 0.263 e. The fraction of sp³-hybridized carbons (Fsp3) is 0.111. The van der Waals surface area contributed by atoms with Crippen LogP contribution in [-0.2, 0) is 11.3 Å². The summed E-state index contributed by atoms with van der Waals surface area (Å²) in [4.78, 5) is 12.0. The Hall–Kier alpha value is -2.67. The fourth-order valence-electron chi connectivity index (χ4n) is 2.21. The Labute approximate surface area is 152 Å². The van der Waals surface area contributed by atoms with Crippen LogP contribution in [0.25, 0.3) is 0 Å². The van der Waals surface area contributed by atoms with Crippen LogP contribution >= 0.6 is 15.9 Å². The van der Waals surface area contributed by atoms with Gasteiger partial charge in [-0.25, -0.2) is 9.07 Å². The maximum absolute atomic E-state index is 13.1. The lowest BCUT2D eigenvalue weighted by atomic mass is 10.2. The van der Waals surface area contributed by atoms with Crippen LogP contribution in [0.5, 0.6) is 5.75 Å². The van der Waals surface area contributed by atoms with E-state index in [1.54, 1.807) is 23.0 Å². The molecule has 1 heterocycles. The van der Waals surface area contributed by atoms with Gasteiger partial charge in [0.25, 0.3) is 5.91 Å². The smallest absolute Gasteiger partial charge is 0.263 e. The average Bonchev–Trinajstić information content (AvgIpc) is 3.02. The highest BCUT2D eigenvalue weighted by Crippen LogP contribution is 2.15. The number of aromatic nitrogens is 2. The molecular weight excluding hydrogens is 389 g/mol. The molecule has 2 aromatic carbocycles. The topological polar surface area (TPSA) is 56.1 Å². The first-order valence-corrected chi connectivity index (χ1v) is 8.34. The number of carbonyl (C=O) groups is 1. The van der Waals surface area contributed by atoms with Gasteiger partial charge in [-0.2, -0.15) is 5.10 Å². The molecule has 25 heavy (non-hydrogen) atoms. The van der Waals surface area contributed by atoms with Gasteiger partial charge in [0.2, 0.25) is 0 Å². The minimum absolute atomic E-state index is 0.215. The molecule has 1 N–H and O–H groups in total. The van der Waals surface area contributed by atoms with Gasteiger partial charge in [-0.15, -0.1) is 0 Å². The molecule has 0 saturated heterocycles. The zero-order chi connectivity index (χ0) is 17.6. The summed E-state index contributed by atoms with van der Waals surface area (Å²) in [5.41, 5.74) is 1.05. The molecule has 0 aliphatic heterocycles. The number of rotatable bonds is 6. The highest BCUT2D eigenvalue weighted by molar-refractivity contribution is 9.10. The van der Waals surface area contributed by atoms with Crippen LogP contribution in [-0.4, -0.2) is 22.3 Å². The van der Waals surface area contributed by atoms with Crippen molar-refractivity contribution in [3.63, 3.8) is 0 Å². The minimum atomic E-state index is -0.412. The van der Waals surface area contributed by atoms with Gasteiger partial charge in [-0.3, -0.25) is 4.79 Å². The molecular formula is C18H15BrFN3O2. The number of halogens is 2.